The topological polar surface area (TPSA) is 58.6 Å². The molecule has 0 saturated carbocycles. The van der Waals surface area contributed by atoms with E-state index < -0.39 is 17.6 Å². The van der Waals surface area contributed by atoms with E-state index in [4.69, 9.17) is 4.74 Å². The molecule has 2 aliphatic rings. The highest BCUT2D eigenvalue weighted by molar-refractivity contribution is 7.10. The minimum atomic E-state index is -0.846. The number of nitrogens with zero attached hydrogens (tertiary/aromatic N) is 1. The molecule has 2 aliphatic heterocycles. The van der Waals surface area contributed by atoms with Gasteiger partial charge in [-0.25, -0.2) is 4.39 Å². The van der Waals surface area contributed by atoms with Crippen LogP contribution in [0.15, 0.2) is 29.6 Å². The van der Waals surface area contributed by atoms with Gasteiger partial charge in [0.2, 0.25) is 11.8 Å². The smallest absolute Gasteiger partial charge is 0.237 e. The average Bonchev–Trinajstić information content (AvgIpc) is 3.18. The highest BCUT2D eigenvalue weighted by Crippen LogP contribution is 2.40. The van der Waals surface area contributed by atoms with Crippen LogP contribution in [0.5, 0.6) is 0 Å². The first kappa shape index (κ1) is 17.2. The Morgan fingerprint density at radius 2 is 2.19 bits per heavy atom. The molecule has 0 aliphatic carbocycles. The number of fused-ring (bicyclic) bond motifs is 1. The van der Waals surface area contributed by atoms with Gasteiger partial charge in [0.25, 0.3) is 0 Å². The fraction of sp³-hybridized carbons (Fsp3) is 0.368. The molecular weight excluding hydrogens is 355 g/mol. The molecule has 4 rings (SSSR count). The maximum absolute atomic E-state index is 13.9. The molecule has 2 aromatic rings. The molecule has 1 aromatic heterocycles. The van der Waals surface area contributed by atoms with Crippen LogP contribution in [0.25, 0.3) is 0 Å². The first-order chi connectivity index (χ1) is 12.6. The number of likely N-dealkylation sites (N-methyl/N-ethyl adjacent to an activating group) is 1. The Hall–Kier alpha value is -2.25. The maximum atomic E-state index is 13.9. The minimum Gasteiger partial charge on any atom is -0.376 e. The monoisotopic (exact) mass is 374 g/mol. The number of rotatable bonds is 3. The van der Waals surface area contributed by atoms with E-state index in [0.717, 1.165) is 12.0 Å². The summed E-state index contributed by atoms with van der Waals surface area (Å²) in [6.07, 6.45) is 0.796. The normalized spacial score (nSPS) is 22.4. The zero-order valence-electron chi connectivity index (χ0n) is 14.3. The van der Waals surface area contributed by atoms with Gasteiger partial charge in [-0.3, -0.25) is 9.59 Å². The number of anilines is 1. The Kier molecular flexibility index (Phi) is 4.50. The molecule has 26 heavy (non-hydrogen) atoms. The fourth-order valence-electron chi connectivity index (χ4n) is 3.74. The van der Waals surface area contributed by atoms with Crippen molar-refractivity contribution < 1.29 is 18.7 Å². The Morgan fingerprint density at radius 3 is 3.00 bits per heavy atom. The van der Waals surface area contributed by atoms with Crippen LogP contribution in [0, 0.1) is 11.7 Å². The predicted molar refractivity (Wildman–Crippen MR) is 96.6 cm³/mol. The Balaban J connectivity index is 1.64. The van der Waals surface area contributed by atoms with Gasteiger partial charge in [0.15, 0.2) is 0 Å². The van der Waals surface area contributed by atoms with E-state index in [2.05, 4.69) is 5.32 Å². The van der Waals surface area contributed by atoms with Gasteiger partial charge in [-0.2, -0.15) is 0 Å². The van der Waals surface area contributed by atoms with E-state index in [1.54, 1.807) is 35.4 Å². The number of benzene rings is 1. The number of halogens is 1. The molecule has 2 atom stereocenters. The van der Waals surface area contributed by atoms with Crippen molar-refractivity contribution in [3.63, 3.8) is 0 Å². The van der Waals surface area contributed by atoms with Crippen LogP contribution in [0.3, 0.4) is 0 Å². The lowest BCUT2D eigenvalue weighted by Crippen LogP contribution is -2.33. The number of thiophene rings is 1. The number of hydrogen-bond acceptors (Lipinski definition) is 4. The van der Waals surface area contributed by atoms with Crippen molar-refractivity contribution in [1.29, 1.82) is 0 Å². The van der Waals surface area contributed by atoms with Crippen LogP contribution < -0.4 is 5.32 Å². The molecule has 0 spiro atoms. The van der Waals surface area contributed by atoms with Gasteiger partial charge in [0, 0.05) is 24.4 Å². The van der Waals surface area contributed by atoms with Gasteiger partial charge in [-0.15, -0.1) is 11.3 Å². The summed E-state index contributed by atoms with van der Waals surface area (Å²) in [6, 6.07) is 5.98. The molecule has 1 fully saturated rings. The third-order valence-electron chi connectivity index (χ3n) is 5.07. The van der Waals surface area contributed by atoms with E-state index in [1.807, 2.05) is 5.38 Å². The molecule has 1 saturated heterocycles. The SMILES string of the molecule is CN1C[C@H](c2csc3c2CCOC3)[C@@H](C(=O)Nc2ccccc2F)C1=O. The maximum Gasteiger partial charge on any atom is 0.237 e. The van der Waals surface area contributed by atoms with Crippen molar-refractivity contribution in [1.82, 2.24) is 4.90 Å². The molecule has 5 nitrogen and oxygen atoms in total. The Morgan fingerprint density at radius 1 is 1.38 bits per heavy atom. The second-order valence-corrected chi connectivity index (χ2v) is 7.63. The van der Waals surface area contributed by atoms with Crippen LogP contribution in [0.1, 0.15) is 21.9 Å². The minimum absolute atomic E-state index is 0.0966. The fourth-order valence-corrected chi connectivity index (χ4v) is 4.84. The third-order valence-corrected chi connectivity index (χ3v) is 6.09. The molecule has 1 aromatic carbocycles. The summed E-state index contributed by atoms with van der Waals surface area (Å²) in [5.74, 6) is -2.27. The predicted octanol–water partition coefficient (Wildman–Crippen LogP) is 2.77. The summed E-state index contributed by atoms with van der Waals surface area (Å²) in [5, 5.41) is 4.63. The summed E-state index contributed by atoms with van der Waals surface area (Å²) >= 11 is 1.61. The lowest BCUT2D eigenvalue weighted by atomic mass is 9.85. The van der Waals surface area contributed by atoms with Crippen LogP contribution in [-0.2, 0) is 27.4 Å². The van der Waals surface area contributed by atoms with Crippen molar-refractivity contribution >= 4 is 28.8 Å². The molecule has 1 N–H and O–H groups in total. The summed E-state index contributed by atoms with van der Waals surface area (Å²) in [4.78, 5) is 28.2. The number of hydrogen-bond donors (Lipinski definition) is 1. The summed E-state index contributed by atoms with van der Waals surface area (Å²) in [7, 11) is 1.70. The number of carbonyl (C=O) groups excluding carboxylic acids is 2. The summed E-state index contributed by atoms with van der Waals surface area (Å²) in [6.45, 7) is 1.72. The quantitative estimate of drug-likeness (QED) is 0.841. The van der Waals surface area contributed by atoms with Crippen LogP contribution in [0.4, 0.5) is 10.1 Å². The summed E-state index contributed by atoms with van der Waals surface area (Å²) in [5.41, 5.74) is 2.36. The molecule has 0 unspecified atom stereocenters. The van der Waals surface area contributed by atoms with Crippen LogP contribution in [0.2, 0.25) is 0 Å². The summed E-state index contributed by atoms with van der Waals surface area (Å²) < 4.78 is 19.4. The largest absolute Gasteiger partial charge is 0.376 e. The number of likely N-dealkylation sites (tertiary alicyclic amines) is 1. The lowest BCUT2D eigenvalue weighted by Gasteiger charge is -2.20. The number of nitrogens with one attached hydrogen (secondary N) is 1. The number of amides is 2. The zero-order chi connectivity index (χ0) is 18.3. The van der Waals surface area contributed by atoms with Crippen molar-refractivity contribution in [3.05, 3.63) is 51.5 Å². The molecule has 7 heteroatoms. The number of para-hydroxylation sites is 1. The molecular formula is C19H19FN2O3S. The van der Waals surface area contributed by atoms with E-state index >= 15 is 0 Å². The first-order valence-corrected chi connectivity index (χ1v) is 9.41. The second-order valence-electron chi connectivity index (χ2n) is 6.67. The van der Waals surface area contributed by atoms with Crippen molar-refractivity contribution in [2.45, 2.75) is 18.9 Å². The van der Waals surface area contributed by atoms with Gasteiger partial charge < -0.3 is 15.0 Å². The van der Waals surface area contributed by atoms with Crippen molar-refractivity contribution in [3.8, 4) is 0 Å². The zero-order valence-corrected chi connectivity index (χ0v) is 15.1. The van der Waals surface area contributed by atoms with E-state index in [1.165, 1.54) is 22.6 Å². The molecule has 3 heterocycles. The van der Waals surface area contributed by atoms with E-state index in [0.29, 0.717) is 19.8 Å². The van der Waals surface area contributed by atoms with Gasteiger partial charge in [0.05, 0.1) is 18.9 Å². The molecule has 0 radical (unpaired) electrons. The lowest BCUT2D eigenvalue weighted by molar-refractivity contribution is -0.135. The van der Waals surface area contributed by atoms with Gasteiger partial charge >= 0.3 is 0 Å². The van der Waals surface area contributed by atoms with Crippen molar-refractivity contribution in [2.24, 2.45) is 5.92 Å². The number of ether oxygens (including phenoxy) is 1. The first-order valence-electron chi connectivity index (χ1n) is 8.53. The molecule has 2 amide bonds. The van der Waals surface area contributed by atoms with E-state index in [-0.39, 0.29) is 17.5 Å². The van der Waals surface area contributed by atoms with Gasteiger partial charge in [-0.05, 0) is 35.1 Å². The Bertz CT molecular complexity index is 866. The third kappa shape index (κ3) is 2.91. The average molecular weight is 374 g/mol. The highest BCUT2D eigenvalue weighted by Gasteiger charge is 2.45. The van der Waals surface area contributed by atoms with Crippen LogP contribution in [-0.4, -0.2) is 36.9 Å². The van der Waals surface area contributed by atoms with Crippen molar-refractivity contribution in [2.75, 3.05) is 25.5 Å². The van der Waals surface area contributed by atoms with Crippen LogP contribution >= 0.6 is 11.3 Å². The highest BCUT2D eigenvalue weighted by atomic mass is 32.1. The Labute approximate surface area is 154 Å². The van der Waals surface area contributed by atoms with Gasteiger partial charge in [-0.1, -0.05) is 12.1 Å². The molecule has 0 bridgehead atoms. The molecule has 136 valence electrons. The second kappa shape index (κ2) is 6.81. The van der Waals surface area contributed by atoms with E-state index in [9.17, 15) is 14.0 Å². The number of carbonyl (C=O) groups is 2. The standard InChI is InChI=1S/C19H19FN2O3S/c1-22-8-12(13-10-26-16-9-25-7-6-11(13)16)17(19(22)24)18(23)21-15-5-3-2-4-14(15)20/h2-5,10,12,17H,6-9H2,1H3,(H,21,23)/t12-,17+/m1/s1. The van der Waals surface area contributed by atoms with Gasteiger partial charge in [0.1, 0.15) is 11.7 Å².